The van der Waals surface area contributed by atoms with Gasteiger partial charge in [0.2, 0.25) is 0 Å². The van der Waals surface area contributed by atoms with E-state index in [-0.39, 0.29) is 5.75 Å². The largest absolute Gasteiger partial charge is 0.507 e. The summed E-state index contributed by atoms with van der Waals surface area (Å²) >= 11 is 3.43. The van der Waals surface area contributed by atoms with Crippen LogP contribution in [-0.4, -0.2) is 21.4 Å². The molecule has 0 amide bonds. The summed E-state index contributed by atoms with van der Waals surface area (Å²) in [5.41, 5.74) is 2.69. The average molecular weight is 445 g/mol. The number of halogens is 1. The molecule has 0 aliphatic heterocycles. The van der Waals surface area contributed by atoms with Crippen LogP contribution in [0.1, 0.15) is 49.8 Å². The molecule has 3 N–H and O–H groups in total. The van der Waals surface area contributed by atoms with Crippen LogP contribution in [0.15, 0.2) is 71.2 Å². The molecule has 0 aliphatic rings. The fourth-order valence-corrected chi connectivity index (χ4v) is 3.72. The standard InChI is InChI=1S/C24H29BrO3/c1-3-8-17(15-19-16-20(25)12-14-22(19)26)11-13-23(27)21(4-2)24(28)18-9-6-5-7-10-18/h4-7,9-10,12,14-16,21,23-24,26-28H,2-3,8,11,13H2,1H3/b17-15+/t21-,23-,24-/m1/s1. The van der Waals surface area contributed by atoms with Crippen molar-refractivity contribution in [3.05, 3.63) is 82.4 Å². The molecule has 0 radical (unpaired) electrons. The van der Waals surface area contributed by atoms with Gasteiger partial charge < -0.3 is 15.3 Å². The minimum absolute atomic E-state index is 0.237. The minimum Gasteiger partial charge on any atom is -0.507 e. The normalized spacial score (nSPS) is 15.1. The molecule has 0 spiro atoms. The van der Waals surface area contributed by atoms with Gasteiger partial charge >= 0.3 is 0 Å². The predicted octanol–water partition coefficient (Wildman–Crippen LogP) is 6.02. The fraction of sp³-hybridized carbons (Fsp3) is 0.333. The second-order valence-electron chi connectivity index (χ2n) is 7.03. The molecule has 2 rings (SSSR count). The van der Waals surface area contributed by atoms with E-state index < -0.39 is 18.1 Å². The Balaban J connectivity index is 2.10. The number of aromatic hydroxyl groups is 1. The molecule has 2 aromatic rings. The maximum Gasteiger partial charge on any atom is 0.122 e. The predicted molar refractivity (Wildman–Crippen MR) is 119 cm³/mol. The van der Waals surface area contributed by atoms with Crippen molar-refractivity contribution in [2.24, 2.45) is 5.92 Å². The Labute approximate surface area is 176 Å². The first-order valence-corrected chi connectivity index (χ1v) is 10.5. The molecule has 0 fully saturated rings. The van der Waals surface area contributed by atoms with Crippen molar-refractivity contribution in [1.82, 2.24) is 0 Å². The van der Waals surface area contributed by atoms with Crippen LogP contribution in [0.4, 0.5) is 0 Å². The van der Waals surface area contributed by atoms with E-state index in [1.807, 2.05) is 42.5 Å². The van der Waals surface area contributed by atoms with Gasteiger partial charge in [-0.05, 0) is 43.0 Å². The van der Waals surface area contributed by atoms with E-state index >= 15 is 0 Å². The smallest absolute Gasteiger partial charge is 0.122 e. The van der Waals surface area contributed by atoms with Crippen molar-refractivity contribution in [1.29, 1.82) is 0 Å². The van der Waals surface area contributed by atoms with Crippen LogP contribution < -0.4 is 0 Å². The minimum atomic E-state index is -0.790. The highest BCUT2D eigenvalue weighted by Gasteiger charge is 2.25. The first-order chi connectivity index (χ1) is 13.5. The van der Waals surface area contributed by atoms with Crippen molar-refractivity contribution >= 4 is 22.0 Å². The van der Waals surface area contributed by atoms with Crippen molar-refractivity contribution in [3.63, 3.8) is 0 Å². The summed E-state index contributed by atoms with van der Waals surface area (Å²) in [6.07, 6.45) is 5.20. The Morgan fingerprint density at radius 2 is 1.82 bits per heavy atom. The molecular formula is C24H29BrO3. The van der Waals surface area contributed by atoms with Crippen molar-refractivity contribution in [3.8, 4) is 5.75 Å². The number of phenols is 1. The van der Waals surface area contributed by atoms with Crippen LogP contribution in [0.2, 0.25) is 0 Å². The molecule has 4 heteroatoms. The third kappa shape index (κ3) is 6.33. The van der Waals surface area contributed by atoms with Crippen LogP contribution in [0, 0.1) is 5.92 Å². The van der Waals surface area contributed by atoms with Crippen LogP contribution >= 0.6 is 15.9 Å². The van der Waals surface area contributed by atoms with Crippen LogP contribution in [0.25, 0.3) is 6.08 Å². The third-order valence-corrected chi connectivity index (χ3v) is 5.40. The lowest BCUT2D eigenvalue weighted by atomic mass is 9.87. The van der Waals surface area contributed by atoms with Gasteiger partial charge in [0.05, 0.1) is 12.2 Å². The highest BCUT2D eigenvalue weighted by Crippen LogP contribution is 2.30. The second-order valence-corrected chi connectivity index (χ2v) is 7.95. The van der Waals surface area contributed by atoms with E-state index in [1.165, 1.54) is 0 Å². The highest BCUT2D eigenvalue weighted by atomic mass is 79.9. The maximum atomic E-state index is 10.7. The third-order valence-electron chi connectivity index (χ3n) is 4.90. The zero-order valence-corrected chi connectivity index (χ0v) is 17.8. The number of hydrogen-bond acceptors (Lipinski definition) is 3. The van der Waals surface area contributed by atoms with E-state index in [0.717, 1.165) is 34.0 Å². The molecular weight excluding hydrogens is 416 g/mol. The summed E-state index contributed by atoms with van der Waals surface area (Å²) in [4.78, 5) is 0. The molecule has 0 unspecified atom stereocenters. The number of aliphatic hydroxyl groups excluding tert-OH is 2. The van der Waals surface area contributed by atoms with E-state index in [9.17, 15) is 15.3 Å². The van der Waals surface area contributed by atoms with Gasteiger partial charge in [-0.1, -0.05) is 77.3 Å². The molecule has 3 atom stereocenters. The Morgan fingerprint density at radius 3 is 2.46 bits per heavy atom. The summed E-state index contributed by atoms with van der Waals surface area (Å²) in [7, 11) is 0. The molecule has 2 aromatic carbocycles. The molecule has 0 aliphatic carbocycles. The molecule has 3 nitrogen and oxygen atoms in total. The van der Waals surface area contributed by atoms with Gasteiger partial charge in [-0.2, -0.15) is 0 Å². The summed E-state index contributed by atoms with van der Waals surface area (Å²) in [5.74, 6) is -0.203. The van der Waals surface area contributed by atoms with E-state index in [4.69, 9.17) is 0 Å². The molecule has 150 valence electrons. The summed E-state index contributed by atoms with van der Waals surface area (Å²) in [5, 5.41) is 31.4. The summed E-state index contributed by atoms with van der Waals surface area (Å²) < 4.78 is 0.908. The van der Waals surface area contributed by atoms with Gasteiger partial charge in [-0.15, -0.1) is 6.58 Å². The SMILES string of the molecule is C=C[C@H]([C@H](O)CC/C(=C/c1cc(Br)ccc1O)CCC)[C@H](O)c1ccccc1. The van der Waals surface area contributed by atoms with Gasteiger partial charge in [-0.25, -0.2) is 0 Å². The quantitative estimate of drug-likeness (QED) is 0.392. The maximum absolute atomic E-state index is 10.7. The van der Waals surface area contributed by atoms with Gasteiger partial charge in [0.25, 0.3) is 0 Å². The molecule has 0 bridgehead atoms. The second kappa shape index (κ2) is 11.2. The van der Waals surface area contributed by atoms with Crippen molar-refractivity contribution in [2.45, 2.75) is 44.8 Å². The fourth-order valence-electron chi connectivity index (χ4n) is 3.35. The molecule has 0 aromatic heterocycles. The monoisotopic (exact) mass is 444 g/mol. The Morgan fingerprint density at radius 1 is 1.11 bits per heavy atom. The van der Waals surface area contributed by atoms with E-state index in [0.29, 0.717) is 12.8 Å². The first-order valence-electron chi connectivity index (χ1n) is 9.67. The topological polar surface area (TPSA) is 60.7 Å². The van der Waals surface area contributed by atoms with Gasteiger partial charge in [0, 0.05) is 16.0 Å². The number of rotatable bonds is 10. The lowest BCUT2D eigenvalue weighted by Crippen LogP contribution is -2.25. The van der Waals surface area contributed by atoms with E-state index in [2.05, 4.69) is 29.4 Å². The van der Waals surface area contributed by atoms with Gasteiger partial charge in [0.15, 0.2) is 0 Å². The average Bonchev–Trinajstić information content (AvgIpc) is 2.70. The van der Waals surface area contributed by atoms with Gasteiger partial charge in [0.1, 0.15) is 5.75 Å². The Bertz CT molecular complexity index is 786. The molecule has 0 heterocycles. The zero-order valence-electron chi connectivity index (χ0n) is 16.3. The molecule has 28 heavy (non-hydrogen) atoms. The number of aliphatic hydroxyl groups is 2. The molecule has 0 saturated carbocycles. The lowest BCUT2D eigenvalue weighted by Gasteiger charge is -2.25. The summed E-state index contributed by atoms with van der Waals surface area (Å²) in [6.45, 7) is 5.92. The Hall–Kier alpha value is -1.88. The zero-order chi connectivity index (χ0) is 20.5. The lowest BCUT2D eigenvalue weighted by molar-refractivity contribution is 0.0318. The van der Waals surface area contributed by atoms with E-state index in [1.54, 1.807) is 18.2 Å². The van der Waals surface area contributed by atoms with Crippen LogP contribution in [-0.2, 0) is 0 Å². The number of allylic oxidation sites excluding steroid dienone is 1. The number of phenolic OH excluding ortho intramolecular Hbond substituents is 1. The van der Waals surface area contributed by atoms with Gasteiger partial charge in [-0.3, -0.25) is 0 Å². The van der Waals surface area contributed by atoms with Crippen LogP contribution in [0.3, 0.4) is 0 Å². The van der Waals surface area contributed by atoms with Crippen LogP contribution in [0.5, 0.6) is 5.75 Å². The number of benzene rings is 2. The number of hydrogen-bond donors (Lipinski definition) is 3. The first kappa shape index (κ1) is 22.4. The summed E-state index contributed by atoms with van der Waals surface area (Å²) in [6, 6.07) is 14.7. The van der Waals surface area contributed by atoms with Crippen molar-refractivity contribution in [2.75, 3.05) is 0 Å². The van der Waals surface area contributed by atoms with Crippen molar-refractivity contribution < 1.29 is 15.3 Å². The Kier molecular flexibility index (Phi) is 8.97. The molecule has 0 saturated heterocycles. The highest BCUT2D eigenvalue weighted by molar-refractivity contribution is 9.10.